The first kappa shape index (κ1) is 25.1. The first-order valence-corrected chi connectivity index (χ1v) is 9.12. The number of nitrogens with one attached hydrogen (secondary N) is 2. The summed E-state index contributed by atoms with van der Waals surface area (Å²) in [5.41, 5.74) is 0. The molecule has 0 rings (SSSR count). The van der Waals surface area contributed by atoms with Gasteiger partial charge in [0.1, 0.15) is 13.2 Å². The highest BCUT2D eigenvalue weighted by Crippen LogP contribution is 1.90. The summed E-state index contributed by atoms with van der Waals surface area (Å²) in [6, 6.07) is 0. The Balaban J connectivity index is 3.45. The Labute approximate surface area is 160 Å². The van der Waals surface area contributed by atoms with Crippen LogP contribution in [0.1, 0.15) is 20.8 Å². The van der Waals surface area contributed by atoms with E-state index in [1.165, 1.54) is 13.8 Å². The first-order chi connectivity index (χ1) is 13.0. The topological polar surface area (TPSA) is 115 Å². The van der Waals surface area contributed by atoms with E-state index in [0.29, 0.717) is 59.2 Å². The maximum Gasteiger partial charge on any atom is 0.407 e. The molecular formula is C17H33N3O7. The van der Waals surface area contributed by atoms with Crippen molar-refractivity contribution in [2.75, 3.05) is 72.4 Å². The molecule has 0 bridgehead atoms. The van der Waals surface area contributed by atoms with Gasteiger partial charge in [0.25, 0.3) is 0 Å². The lowest BCUT2D eigenvalue weighted by atomic mass is 10.5. The van der Waals surface area contributed by atoms with Crippen LogP contribution in [0.4, 0.5) is 4.79 Å². The molecular weight excluding hydrogens is 358 g/mol. The van der Waals surface area contributed by atoms with Crippen molar-refractivity contribution < 1.29 is 33.3 Å². The van der Waals surface area contributed by atoms with Crippen molar-refractivity contribution in [2.24, 2.45) is 0 Å². The maximum atomic E-state index is 11.5. The van der Waals surface area contributed by atoms with Crippen LogP contribution in [-0.4, -0.2) is 95.2 Å². The van der Waals surface area contributed by atoms with Gasteiger partial charge in [0.05, 0.1) is 26.4 Å². The monoisotopic (exact) mass is 391 g/mol. The molecule has 27 heavy (non-hydrogen) atoms. The standard InChI is InChI=1S/C17H33N3O7/c1-4-20(7-11-26-16(3)22)8-12-27-17(23)19-6-10-25-14-13-24-9-5-18-15(2)21/h4-14H2,1-3H3,(H,18,21)(H,19,23). The van der Waals surface area contributed by atoms with E-state index in [9.17, 15) is 14.4 Å². The highest BCUT2D eigenvalue weighted by atomic mass is 16.6. The van der Waals surface area contributed by atoms with Crippen LogP contribution in [0.15, 0.2) is 0 Å². The maximum absolute atomic E-state index is 11.5. The SMILES string of the molecule is CCN(CCOC(C)=O)CCOC(=O)NCCOCCOCCNC(C)=O. The van der Waals surface area contributed by atoms with Crippen LogP contribution in [0, 0.1) is 0 Å². The molecule has 0 atom stereocenters. The van der Waals surface area contributed by atoms with E-state index >= 15 is 0 Å². The van der Waals surface area contributed by atoms with E-state index in [1.54, 1.807) is 0 Å². The third-order valence-corrected chi connectivity index (χ3v) is 3.31. The first-order valence-electron chi connectivity index (χ1n) is 9.12. The second-order valence-corrected chi connectivity index (χ2v) is 5.54. The average Bonchev–Trinajstić information content (AvgIpc) is 2.61. The minimum absolute atomic E-state index is 0.0859. The molecule has 0 heterocycles. The Morgan fingerprint density at radius 2 is 1.33 bits per heavy atom. The molecule has 0 aliphatic carbocycles. The molecule has 0 aliphatic rings. The normalized spacial score (nSPS) is 10.5. The number of carbonyl (C=O) groups excluding carboxylic acids is 3. The van der Waals surface area contributed by atoms with Gasteiger partial charge in [-0.15, -0.1) is 0 Å². The van der Waals surface area contributed by atoms with Crippen molar-refractivity contribution in [1.29, 1.82) is 0 Å². The Morgan fingerprint density at radius 3 is 1.85 bits per heavy atom. The quantitative estimate of drug-likeness (QED) is 0.274. The van der Waals surface area contributed by atoms with Crippen molar-refractivity contribution in [3.05, 3.63) is 0 Å². The molecule has 2 N–H and O–H groups in total. The summed E-state index contributed by atoms with van der Waals surface area (Å²) in [5.74, 6) is -0.391. The number of ether oxygens (including phenoxy) is 4. The number of rotatable bonds is 16. The van der Waals surface area contributed by atoms with Crippen LogP contribution in [0.25, 0.3) is 0 Å². The van der Waals surface area contributed by atoms with Crippen LogP contribution in [0.5, 0.6) is 0 Å². The number of alkyl carbamates (subject to hydrolysis) is 1. The molecule has 2 amide bonds. The molecule has 0 aromatic carbocycles. The smallest absolute Gasteiger partial charge is 0.407 e. The van der Waals surface area contributed by atoms with Gasteiger partial charge in [0.15, 0.2) is 0 Å². The Morgan fingerprint density at radius 1 is 0.778 bits per heavy atom. The molecule has 0 aromatic heterocycles. The van der Waals surface area contributed by atoms with Crippen molar-refractivity contribution in [2.45, 2.75) is 20.8 Å². The summed E-state index contributed by atoms with van der Waals surface area (Å²) in [4.78, 5) is 34.9. The van der Waals surface area contributed by atoms with Crippen LogP contribution in [-0.2, 0) is 28.5 Å². The minimum atomic E-state index is -0.499. The van der Waals surface area contributed by atoms with E-state index in [-0.39, 0.29) is 18.5 Å². The number of nitrogens with zero attached hydrogens (tertiary/aromatic N) is 1. The van der Waals surface area contributed by atoms with Gasteiger partial charge in [-0.05, 0) is 6.54 Å². The number of likely N-dealkylation sites (N-methyl/N-ethyl adjacent to an activating group) is 1. The fourth-order valence-electron chi connectivity index (χ4n) is 1.91. The fourth-order valence-corrected chi connectivity index (χ4v) is 1.91. The molecule has 0 saturated heterocycles. The molecule has 10 nitrogen and oxygen atoms in total. The van der Waals surface area contributed by atoms with Crippen molar-refractivity contribution >= 4 is 18.0 Å². The Hall–Kier alpha value is -1.91. The molecule has 0 unspecified atom stereocenters. The Bertz CT molecular complexity index is 421. The van der Waals surface area contributed by atoms with E-state index < -0.39 is 6.09 Å². The number of carbonyl (C=O) groups is 3. The van der Waals surface area contributed by atoms with E-state index in [2.05, 4.69) is 10.6 Å². The second-order valence-electron chi connectivity index (χ2n) is 5.54. The molecule has 0 fully saturated rings. The molecule has 0 saturated carbocycles. The minimum Gasteiger partial charge on any atom is -0.465 e. The summed E-state index contributed by atoms with van der Waals surface area (Å²) in [6.07, 6.45) is -0.499. The number of hydrogen-bond donors (Lipinski definition) is 2. The highest BCUT2D eigenvalue weighted by molar-refractivity contribution is 5.72. The fraction of sp³-hybridized carbons (Fsp3) is 0.824. The van der Waals surface area contributed by atoms with Crippen LogP contribution in [0.2, 0.25) is 0 Å². The third kappa shape index (κ3) is 18.7. The van der Waals surface area contributed by atoms with E-state index in [0.717, 1.165) is 6.54 Å². The zero-order chi connectivity index (χ0) is 20.3. The highest BCUT2D eigenvalue weighted by Gasteiger charge is 2.06. The van der Waals surface area contributed by atoms with Crippen molar-refractivity contribution in [3.8, 4) is 0 Å². The predicted octanol–water partition coefficient (Wildman–Crippen LogP) is -0.233. The lowest BCUT2D eigenvalue weighted by Crippen LogP contribution is -2.34. The molecule has 10 heteroatoms. The van der Waals surface area contributed by atoms with Crippen molar-refractivity contribution in [3.63, 3.8) is 0 Å². The summed E-state index contributed by atoms with van der Waals surface area (Å²) < 4.78 is 20.5. The third-order valence-electron chi connectivity index (χ3n) is 3.31. The molecule has 0 aliphatic heterocycles. The van der Waals surface area contributed by atoms with Gasteiger partial charge in [-0.1, -0.05) is 6.92 Å². The number of amides is 2. The van der Waals surface area contributed by atoms with Gasteiger partial charge < -0.3 is 29.6 Å². The summed E-state index contributed by atoms with van der Waals surface area (Å²) in [5, 5.41) is 5.22. The van der Waals surface area contributed by atoms with Crippen LogP contribution in [0.3, 0.4) is 0 Å². The van der Waals surface area contributed by atoms with Gasteiger partial charge in [-0.25, -0.2) is 4.79 Å². The van der Waals surface area contributed by atoms with Crippen LogP contribution >= 0.6 is 0 Å². The second kappa shape index (κ2) is 17.5. The average molecular weight is 391 g/mol. The van der Waals surface area contributed by atoms with E-state index in [4.69, 9.17) is 18.9 Å². The number of hydrogen-bond acceptors (Lipinski definition) is 8. The summed E-state index contributed by atoms with van der Waals surface area (Å²) in [6.45, 7) is 9.75. The lowest BCUT2D eigenvalue weighted by molar-refractivity contribution is -0.141. The zero-order valence-corrected chi connectivity index (χ0v) is 16.6. The van der Waals surface area contributed by atoms with Gasteiger partial charge >= 0.3 is 12.1 Å². The van der Waals surface area contributed by atoms with Gasteiger partial charge in [-0.3, -0.25) is 14.5 Å². The van der Waals surface area contributed by atoms with Crippen LogP contribution < -0.4 is 10.6 Å². The van der Waals surface area contributed by atoms with Crippen molar-refractivity contribution in [1.82, 2.24) is 15.5 Å². The van der Waals surface area contributed by atoms with Gasteiger partial charge in [-0.2, -0.15) is 0 Å². The Kier molecular flexibility index (Phi) is 16.3. The summed E-state index contributed by atoms with van der Waals surface area (Å²) in [7, 11) is 0. The number of esters is 1. The van der Waals surface area contributed by atoms with Gasteiger partial charge in [0, 0.05) is 40.0 Å². The summed E-state index contributed by atoms with van der Waals surface area (Å²) >= 11 is 0. The largest absolute Gasteiger partial charge is 0.465 e. The zero-order valence-electron chi connectivity index (χ0n) is 16.6. The lowest BCUT2D eigenvalue weighted by Gasteiger charge is -2.19. The predicted molar refractivity (Wildman–Crippen MR) is 98.4 cm³/mol. The van der Waals surface area contributed by atoms with E-state index in [1.807, 2.05) is 11.8 Å². The molecule has 158 valence electrons. The van der Waals surface area contributed by atoms with Gasteiger partial charge in [0.2, 0.25) is 5.91 Å². The molecule has 0 radical (unpaired) electrons. The molecule has 0 aromatic rings. The molecule has 0 spiro atoms.